The van der Waals surface area contributed by atoms with E-state index in [1.54, 1.807) is 14.2 Å². The van der Waals surface area contributed by atoms with Crippen molar-refractivity contribution in [2.24, 2.45) is 0 Å². The minimum absolute atomic E-state index is 0.616. The Morgan fingerprint density at radius 1 is 1.07 bits per heavy atom. The molecular weight excluding hydrogens is 176 g/mol. The first-order valence-electron chi connectivity index (χ1n) is 4.98. The van der Waals surface area contributed by atoms with E-state index in [1.807, 2.05) is 30.3 Å². The third-order valence-electron chi connectivity index (χ3n) is 2.36. The largest absolute Gasteiger partial charge is 0.497 e. The molecule has 1 aliphatic carbocycles. The molecule has 0 aromatic heterocycles. The average Bonchev–Trinajstić information content (AvgIpc) is 2.18. The van der Waals surface area contributed by atoms with Crippen LogP contribution < -0.4 is 4.74 Å². The highest BCUT2D eigenvalue weighted by Crippen LogP contribution is 2.20. The second kappa shape index (κ2) is 6.44. The first kappa shape index (κ1) is 11.1. The zero-order chi connectivity index (χ0) is 10.2. The molecule has 1 aromatic rings. The maximum absolute atomic E-state index is 4.99. The summed E-state index contributed by atoms with van der Waals surface area (Å²) in [5.41, 5.74) is 0. The highest BCUT2D eigenvalue weighted by molar-refractivity contribution is 5.20. The van der Waals surface area contributed by atoms with Crippen LogP contribution in [0.3, 0.4) is 0 Å². The lowest BCUT2D eigenvalue weighted by Crippen LogP contribution is -2.18. The molecule has 2 nitrogen and oxygen atoms in total. The van der Waals surface area contributed by atoms with Gasteiger partial charge in [-0.1, -0.05) is 18.2 Å². The molecule has 0 spiro atoms. The van der Waals surface area contributed by atoms with Gasteiger partial charge in [-0.3, -0.25) is 0 Å². The fourth-order valence-electron chi connectivity index (χ4n) is 1.16. The fraction of sp³-hybridized carbons (Fsp3) is 0.500. The van der Waals surface area contributed by atoms with E-state index in [0.29, 0.717) is 6.10 Å². The Hall–Kier alpha value is -1.02. The van der Waals surface area contributed by atoms with Gasteiger partial charge in [0.15, 0.2) is 0 Å². The average molecular weight is 194 g/mol. The molecule has 0 radical (unpaired) electrons. The van der Waals surface area contributed by atoms with Gasteiger partial charge < -0.3 is 9.47 Å². The molecule has 0 unspecified atom stereocenters. The number of ether oxygens (including phenoxy) is 2. The third-order valence-corrected chi connectivity index (χ3v) is 2.36. The quantitative estimate of drug-likeness (QED) is 0.720. The predicted octanol–water partition coefficient (Wildman–Crippen LogP) is 2.88. The van der Waals surface area contributed by atoms with E-state index >= 15 is 0 Å². The SMILES string of the molecule is COC1CCC1.COc1ccccc1. The Balaban J connectivity index is 0.000000146. The van der Waals surface area contributed by atoms with Crippen molar-refractivity contribution in [2.45, 2.75) is 25.4 Å². The number of methoxy groups -OCH3 is 2. The van der Waals surface area contributed by atoms with Crippen LogP contribution in [0.4, 0.5) is 0 Å². The van der Waals surface area contributed by atoms with Crippen LogP contribution in [0.2, 0.25) is 0 Å². The molecule has 0 atom stereocenters. The van der Waals surface area contributed by atoms with E-state index < -0.39 is 0 Å². The minimum atomic E-state index is 0.616. The summed E-state index contributed by atoms with van der Waals surface area (Å²) in [5, 5.41) is 0. The second-order valence-corrected chi connectivity index (χ2v) is 3.31. The van der Waals surface area contributed by atoms with Crippen LogP contribution in [0.15, 0.2) is 30.3 Å². The van der Waals surface area contributed by atoms with Gasteiger partial charge in [0.1, 0.15) is 5.75 Å². The van der Waals surface area contributed by atoms with E-state index in [9.17, 15) is 0 Å². The van der Waals surface area contributed by atoms with Crippen LogP contribution in [-0.4, -0.2) is 20.3 Å². The topological polar surface area (TPSA) is 18.5 Å². The summed E-state index contributed by atoms with van der Waals surface area (Å²) < 4.78 is 9.90. The first-order valence-corrected chi connectivity index (χ1v) is 4.98. The lowest BCUT2D eigenvalue weighted by atomic mass is 9.96. The highest BCUT2D eigenvalue weighted by Gasteiger charge is 2.14. The molecule has 0 bridgehead atoms. The van der Waals surface area contributed by atoms with Crippen LogP contribution >= 0.6 is 0 Å². The van der Waals surface area contributed by atoms with E-state index in [1.165, 1.54) is 19.3 Å². The van der Waals surface area contributed by atoms with Crippen molar-refractivity contribution in [1.82, 2.24) is 0 Å². The van der Waals surface area contributed by atoms with Crippen molar-refractivity contribution < 1.29 is 9.47 Å². The molecule has 78 valence electrons. The van der Waals surface area contributed by atoms with Crippen LogP contribution in [0.25, 0.3) is 0 Å². The molecule has 14 heavy (non-hydrogen) atoms. The van der Waals surface area contributed by atoms with Gasteiger partial charge in [-0.2, -0.15) is 0 Å². The first-order chi connectivity index (χ1) is 6.86. The molecule has 0 aliphatic heterocycles. The summed E-state index contributed by atoms with van der Waals surface area (Å²) in [6.07, 6.45) is 4.57. The minimum Gasteiger partial charge on any atom is -0.497 e. The van der Waals surface area contributed by atoms with Crippen LogP contribution in [0.5, 0.6) is 5.75 Å². The van der Waals surface area contributed by atoms with Crippen molar-refractivity contribution in [1.29, 1.82) is 0 Å². The van der Waals surface area contributed by atoms with Crippen molar-refractivity contribution in [3.8, 4) is 5.75 Å². The van der Waals surface area contributed by atoms with Gasteiger partial charge in [0.2, 0.25) is 0 Å². The van der Waals surface area contributed by atoms with Crippen LogP contribution in [0.1, 0.15) is 19.3 Å². The Kier molecular flexibility index (Phi) is 5.08. The Bertz CT molecular complexity index is 227. The summed E-state index contributed by atoms with van der Waals surface area (Å²) in [7, 11) is 3.44. The number of rotatable bonds is 2. The molecule has 1 fully saturated rings. The standard InChI is InChI=1S/C7H8O.C5H10O/c1-8-7-5-3-2-4-6-7;1-6-5-3-2-4-5/h2-6H,1H3;5H,2-4H2,1H3. The van der Waals surface area contributed by atoms with E-state index in [0.717, 1.165) is 5.75 Å². The number of benzene rings is 1. The monoisotopic (exact) mass is 194 g/mol. The van der Waals surface area contributed by atoms with Gasteiger partial charge in [0, 0.05) is 7.11 Å². The molecule has 1 aliphatic rings. The van der Waals surface area contributed by atoms with Crippen molar-refractivity contribution in [3.05, 3.63) is 30.3 Å². The predicted molar refractivity (Wildman–Crippen MR) is 57.6 cm³/mol. The smallest absolute Gasteiger partial charge is 0.118 e. The van der Waals surface area contributed by atoms with Gasteiger partial charge in [-0.25, -0.2) is 0 Å². The Morgan fingerprint density at radius 3 is 1.93 bits per heavy atom. The fourth-order valence-corrected chi connectivity index (χ4v) is 1.16. The van der Waals surface area contributed by atoms with E-state index in [-0.39, 0.29) is 0 Å². The Morgan fingerprint density at radius 2 is 1.71 bits per heavy atom. The molecular formula is C12H18O2. The number of hydrogen-bond donors (Lipinski definition) is 0. The molecule has 1 saturated carbocycles. The summed E-state index contributed by atoms with van der Waals surface area (Å²) in [6, 6.07) is 9.68. The summed E-state index contributed by atoms with van der Waals surface area (Å²) in [6.45, 7) is 0. The Labute approximate surface area is 85.8 Å². The van der Waals surface area contributed by atoms with Gasteiger partial charge in [-0.15, -0.1) is 0 Å². The van der Waals surface area contributed by atoms with Crippen LogP contribution in [-0.2, 0) is 4.74 Å². The maximum Gasteiger partial charge on any atom is 0.118 e. The van der Waals surface area contributed by atoms with Crippen molar-refractivity contribution >= 4 is 0 Å². The lowest BCUT2D eigenvalue weighted by Gasteiger charge is -2.22. The lowest BCUT2D eigenvalue weighted by molar-refractivity contribution is 0.0412. The van der Waals surface area contributed by atoms with Crippen LogP contribution in [0, 0.1) is 0 Å². The zero-order valence-corrected chi connectivity index (χ0v) is 8.90. The normalized spacial score (nSPS) is 15.0. The summed E-state index contributed by atoms with van der Waals surface area (Å²) >= 11 is 0. The van der Waals surface area contributed by atoms with E-state index in [2.05, 4.69) is 0 Å². The summed E-state index contributed by atoms with van der Waals surface area (Å²) in [5.74, 6) is 0.910. The van der Waals surface area contributed by atoms with Gasteiger partial charge in [0.05, 0.1) is 13.2 Å². The second-order valence-electron chi connectivity index (χ2n) is 3.31. The third kappa shape index (κ3) is 3.79. The van der Waals surface area contributed by atoms with Gasteiger partial charge >= 0.3 is 0 Å². The van der Waals surface area contributed by atoms with Gasteiger partial charge in [-0.05, 0) is 31.4 Å². The number of para-hydroxylation sites is 1. The molecule has 1 aromatic carbocycles. The highest BCUT2D eigenvalue weighted by atomic mass is 16.5. The molecule has 0 heterocycles. The van der Waals surface area contributed by atoms with Gasteiger partial charge in [0.25, 0.3) is 0 Å². The van der Waals surface area contributed by atoms with Crippen molar-refractivity contribution in [3.63, 3.8) is 0 Å². The summed E-state index contributed by atoms with van der Waals surface area (Å²) in [4.78, 5) is 0. The molecule has 0 saturated heterocycles. The molecule has 2 rings (SSSR count). The number of hydrogen-bond acceptors (Lipinski definition) is 2. The molecule has 2 heteroatoms. The zero-order valence-electron chi connectivity index (χ0n) is 8.90. The maximum atomic E-state index is 4.99. The molecule has 0 N–H and O–H groups in total. The van der Waals surface area contributed by atoms with Crippen molar-refractivity contribution in [2.75, 3.05) is 14.2 Å². The molecule has 0 amide bonds. The van der Waals surface area contributed by atoms with E-state index in [4.69, 9.17) is 9.47 Å².